The Bertz CT molecular complexity index is 670. The van der Waals surface area contributed by atoms with Crippen LogP contribution in [0.15, 0.2) is 45.2 Å². The van der Waals surface area contributed by atoms with E-state index in [0.717, 1.165) is 21.6 Å². The van der Waals surface area contributed by atoms with Gasteiger partial charge in [-0.3, -0.25) is 0 Å². The molecule has 0 unspecified atom stereocenters. The van der Waals surface area contributed by atoms with Gasteiger partial charge in [0.05, 0.1) is 16.9 Å². The van der Waals surface area contributed by atoms with Gasteiger partial charge >= 0.3 is 0 Å². The highest BCUT2D eigenvalue weighted by Crippen LogP contribution is 2.46. The molecule has 1 aromatic carbocycles. The first-order chi connectivity index (χ1) is 10.2. The number of hydrogen-bond acceptors (Lipinski definition) is 3. The molecule has 3 N–H and O–H groups in total. The summed E-state index contributed by atoms with van der Waals surface area (Å²) in [6.45, 7) is 0. The summed E-state index contributed by atoms with van der Waals surface area (Å²) < 4.78 is 6.34. The molecule has 2 atom stereocenters. The van der Waals surface area contributed by atoms with Crippen LogP contribution in [0.4, 0.5) is 5.69 Å². The molecule has 110 valence electrons. The first-order valence-corrected chi connectivity index (χ1v) is 8.26. The highest BCUT2D eigenvalue weighted by atomic mass is 79.9. The summed E-state index contributed by atoms with van der Waals surface area (Å²) in [5.74, 6) is 1.75. The molecule has 1 aromatic heterocycles. The van der Waals surface area contributed by atoms with Gasteiger partial charge in [0, 0.05) is 22.5 Å². The summed E-state index contributed by atoms with van der Waals surface area (Å²) in [6, 6.07) is 12.2. The number of hydrogen-bond donors (Lipinski definition) is 2. The number of nitrogens with two attached hydrogens (primary N) is 1. The van der Waals surface area contributed by atoms with Crippen LogP contribution in [-0.2, 0) is 0 Å². The van der Waals surface area contributed by atoms with Gasteiger partial charge < -0.3 is 15.8 Å². The molecule has 0 bridgehead atoms. The lowest BCUT2D eigenvalue weighted by Gasteiger charge is -2.07. The van der Waals surface area contributed by atoms with Crippen LogP contribution >= 0.6 is 27.3 Å². The fraction of sp³-hybridized carbons (Fsp3) is 0.267. The van der Waals surface area contributed by atoms with Gasteiger partial charge in [0.15, 0.2) is 5.96 Å². The standard InChI is InChI=1S/C15H16BrN3OS/c1-20-10-4-2-3-9(7-10)18-15(17)19-12-8-11(12)13-5-6-14(16)21-13/h2-7,11-12H,8H2,1H3,(H3,17,18,19)/t11-,12-/m1/s1. The Labute approximate surface area is 136 Å². The largest absolute Gasteiger partial charge is 0.497 e. The molecule has 1 aliphatic rings. The number of thiophene rings is 1. The molecule has 21 heavy (non-hydrogen) atoms. The van der Waals surface area contributed by atoms with E-state index in [0.29, 0.717) is 11.9 Å². The van der Waals surface area contributed by atoms with Crippen LogP contribution in [-0.4, -0.2) is 19.1 Å². The van der Waals surface area contributed by atoms with Crippen LogP contribution in [0.1, 0.15) is 17.2 Å². The summed E-state index contributed by atoms with van der Waals surface area (Å²) in [7, 11) is 1.64. The van der Waals surface area contributed by atoms with Crippen molar-refractivity contribution in [3.63, 3.8) is 0 Å². The van der Waals surface area contributed by atoms with E-state index in [2.05, 4.69) is 38.4 Å². The number of methoxy groups -OCH3 is 1. The molecule has 2 aromatic rings. The van der Waals surface area contributed by atoms with Crippen LogP contribution in [0.25, 0.3) is 0 Å². The molecule has 0 saturated heterocycles. The van der Waals surface area contributed by atoms with Gasteiger partial charge in [0.2, 0.25) is 0 Å². The molecule has 1 fully saturated rings. The summed E-state index contributed by atoms with van der Waals surface area (Å²) in [5.41, 5.74) is 6.86. The average molecular weight is 366 g/mol. The summed E-state index contributed by atoms with van der Waals surface area (Å²) >= 11 is 5.26. The molecule has 1 saturated carbocycles. The number of ether oxygens (including phenoxy) is 1. The molecule has 1 heterocycles. The lowest BCUT2D eigenvalue weighted by atomic mass is 10.3. The number of rotatable bonds is 4. The van der Waals surface area contributed by atoms with Crippen molar-refractivity contribution in [2.75, 3.05) is 12.4 Å². The van der Waals surface area contributed by atoms with Gasteiger partial charge in [-0.05, 0) is 46.6 Å². The zero-order valence-electron chi connectivity index (χ0n) is 11.5. The van der Waals surface area contributed by atoms with Crippen molar-refractivity contribution < 1.29 is 4.74 Å². The van der Waals surface area contributed by atoms with Crippen molar-refractivity contribution in [3.8, 4) is 5.75 Å². The van der Waals surface area contributed by atoms with E-state index in [-0.39, 0.29) is 6.04 Å². The Kier molecular flexibility index (Phi) is 4.17. The highest BCUT2D eigenvalue weighted by molar-refractivity contribution is 9.11. The quantitative estimate of drug-likeness (QED) is 0.639. The summed E-state index contributed by atoms with van der Waals surface area (Å²) in [4.78, 5) is 5.91. The first kappa shape index (κ1) is 14.4. The molecule has 0 spiro atoms. The maximum Gasteiger partial charge on any atom is 0.193 e. The number of aliphatic imine (C=N–C) groups is 1. The third kappa shape index (κ3) is 3.57. The highest BCUT2D eigenvalue weighted by Gasteiger charge is 2.39. The van der Waals surface area contributed by atoms with Crippen LogP contribution in [0.2, 0.25) is 0 Å². The normalized spacial score (nSPS) is 21.1. The zero-order valence-corrected chi connectivity index (χ0v) is 13.9. The van der Waals surface area contributed by atoms with Gasteiger partial charge in [-0.2, -0.15) is 0 Å². The Morgan fingerprint density at radius 1 is 1.43 bits per heavy atom. The average Bonchev–Trinajstić information content (AvgIpc) is 3.09. The van der Waals surface area contributed by atoms with E-state index in [9.17, 15) is 0 Å². The minimum Gasteiger partial charge on any atom is -0.497 e. The summed E-state index contributed by atoms with van der Waals surface area (Å²) in [5, 5.41) is 3.11. The second-order valence-corrected chi connectivity index (χ2v) is 7.42. The first-order valence-electron chi connectivity index (χ1n) is 6.65. The fourth-order valence-electron chi connectivity index (χ4n) is 2.22. The molecule has 0 amide bonds. The predicted octanol–water partition coefficient (Wildman–Crippen LogP) is 3.80. The van der Waals surface area contributed by atoms with Gasteiger partial charge in [-0.25, -0.2) is 4.99 Å². The van der Waals surface area contributed by atoms with Crippen LogP contribution < -0.4 is 15.8 Å². The fourth-order valence-corrected chi connectivity index (χ4v) is 3.81. The molecule has 1 aliphatic carbocycles. The smallest absolute Gasteiger partial charge is 0.193 e. The van der Waals surface area contributed by atoms with E-state index in [4.69, 9.17) is 10.5 Å². The second-order valence-electron chi connectivity index (χ2n) is 4.92. The number of nitrogens with one attached hydrogen (secondary N) is 1. The predicted molar refractivity (Wildman–Crippen MR) is 91.4 cm³/mol. The molecule has 4 nitrogen and oxygen atoms in total. The van der Waals surface area contributed by atoms with E-state index >= 15 is 0 Å². The molecular weight excluding hydrogens is 350 g/mol. The zero-order chi connectivity index (χ0) is 14.8. The van der Waals surface area contributed by atoms with Crippen LogP contribution in [0, 0.1) is 0 Å². The van der Waals surface area contributed by atoms with Crippen LogP contribution in [0.3, 0.4) is 0 Å². The summed E-state index contributed by atoms with van der Waals surface area (Å²) in [6.07, 6.45) is 1.06. The van der Waals surface area contributed by atoms with E-state index in [1.807, 2.05) is 24.3 Å². The number of anilines is 1. The molecular formula is C15H16BrN3OS. The van der Waals surface area contributed by atoms with Gasteiger partial charge in [-0.15, -0.1) is 11.3 Å². The minimum atomic E-state index is 0.286. The van der Waals surface area contributed by atoms with E-state index in [1.165, 1.54) is 4.88 Å². The number of guanidine groups is 1. The van der Waals surface area contributed by atoms with Gasteiger partial charge in [0.1, 0.15) is 5.75 Å². The number of benzene rings is 1. The van der Waals surface area contributed by atoms with Crippen molar-refractivity contribution in [2.45, 2.75) is 18.4 Å². The molecule has 0 aliphatic heterocycles. The topological polar surface area (TPSA) is 59.6 Å². The van der Waals surface area contributed by atoms with Gasteiger partial charge in [0.25, 0.3) is 0 Å². The Morgan fingerprint density at radius 2 is 2.29 bits per heavy atom. The van der Waals surface area contributed by atoms with Crippen molar-refractivity contribution in [1.82, 2.24) is 0 Å². The van der Waals surface area contributed by atoms with E-state index in [1.54, 1.807) is 18.4 Å². The van der Waals surface area contributed by atoms with Crippen molar-refractivity contribution in [3.05, 3.63) is 45.1 Å². The van der Waals surface area contributed by atoms with Crippen molar-refractivity contribution >= 4 is 38.9 Å². The van der Waals surface area contributed by atoms with Crippen molar-refractivity contribution in [1.29, 1.82) is 0 Å². The maximum atomic E-state index is 5.98. The Morgan fingerprint density at radius 3 is 3.00 bits per heavy atom. The molecule has 3 rings (SSSR count). The monoisotopic (exact) mass is 365 g/mol. The third-order valence-electron chi connectivity index (χ3n) is 3.36. The number of halogens is 1. The van der Waals surface area contributed by atoms with Crippen LogP contribution in [0.5, 0.6) is 5.75 Å². The van der Waals surface area contributed by atoms with Gasteiger partial charge in [-0.1, -0.05) is 6.07 Å². The molecule has 0 radical (unpaired) electrons. The van der Waals surface area contributed by atoms with Crippen molar-refractivity contribution in [2.24, 2.45) is 10.7 Å². The lowest BCUT2D eigenvalue weighted by Crippen LogP contribution is -2.23. The second kappa shape index (κ2) is 6.07. The van der Waals surface area contributed by atoms with E-state index < -0.39 is 0 Å². The lowest BCUT2D eigenvalue weighted by molar-refractivity contribution is 0.415. The third-order valence-corrected chi connectivity index (χ3v) is 5.12. The molecule has 6 heteroatoms. The SMILES string of the molecule is COc1cccc(NC(N)=N[C@@H]2C[C@H]2c2ccc(Br)s2)c1. The number of nitrogens with zero attached hydrogens (tertiary/aromatic N) is 1. The Balaban J connectivity index is 1.62. The Hall–Kier alpha value is -1.53. The maximum absolute atomic E-state index is 5.98. The minimum absolute atomic E-state index is 0.286.